The van der Waals surface area contributed by atoms with Crippen LogP contribution in [0.15, 0.2) is 12.3 Å². The number of rotatable bonds is 6. The molecule has 1 saturated carbocycles. The van der Waals surface area contributed by atoms with Crippen LogP contribution in [0.1, 0.15) is 63.4 Å². The van der Waals surface area contributed by atoms with E-state index in [1.54, 1.807) is 6.20 Å². The maximum absolute atomic E-state index is 13.0. The zero-order valence-electron chi connectivity index (χ0n) is 12.9. The lowest BCUT2D eigenvalue weighted by atomic mass is 9.75. The maximum atomic E-state index is 13.0. The number of Topliss-reactive ketones (excluding diaryl/α,β-unsaturated/α-hetero) is 1. The minimum absolute atomic E-state index is 0.122. The molecule has 4 heteroatoms. The quantitative estimate of drug-likeness (QED) is 0.748. The van der Waals surface area contributed by atoms with E-state index >= 15 is 0 Å². The lowest BCUT2D eigenvalue weighted by Gasteiger charge is -2.38. The van der Waals surface area contributed by atoms with Gasteiger partial charge >= 0.3 is 0 Å². The lowest BCUT2D eigenvalue weighted by Crippen LogP contribution is -2.46. The number of aryl methyl sites for hydroxylation is 1. The normalized spacial score (nSPS) is 26.6. The molecule has 2 unspecified atom stereocenters. The molecule has 1 fully saturated rings. The van der Waals surface area contributed by atoms with Crippen LogP contribution >= 0.6 is 0 Å². The molecular formula is C16H26N2O2. The molecule has 112 valence electrons. The summed E-state index contributed by atoms with van der Waals surface area (Å²) in [7, 11) is 0. The van der Waals surface area contributed by atoms with Crippen molar-refractivity contribution in [2.24, 2.45) is 5.92 Å². The predicted octanol–water partition coefficient (Wildman–Crippen LogP) is 3.46. The Bertz CT molecular complexity index is 451. The SMILES string of the molecule is CCCn1nccc1C(=O)C1(OCC)CCCC(C)C1. The molecule has 20 heavy (non-hydrogen) atoms. The van der Waals surface area contributed by atoms with Crippen molar-refractivity contribution in [2.45, 2.75) is 65.0 Å². The molecular weight excluding hydrogens is 252 g/mol. The number of aromatic nitrogens is 2. The molecule has 1 aliphatic rings. The second-order valence-electron chi connectivity index (χ2n) is 5.90. The number of ketones is 1. The third-order valence-corrected chi connectivity index (χ3v) is 4.17. The molecule has 1 heterocycles. The van der Waals surface area contributed by atoms with E-state index in [0.29, 0.717) is 18.2 Å². The van der Waals surface area contributed by atoms with Crippen molar-refractivity contribution in [3.05, 3.63) is 18.0 Å². The molecule has 1 aliphatic carbocycles. The molecule has 0 saturated heterocycles. The van der Waals surface area contributed by atoms with Crippen LogP contribution in [0.4, 0.5) is 0 Å². The monoisotopic (exact) mass is 278 g/mol. The number of carbonyl (C=O) groups is 1. The van der Waals surface area contributed by atoms with E-state index in [0.717, 1.165) is 32.2 Å². The Balaban J connectivity index is 2.28. The first kappa shape index (κ1) is 15.2. The number of ether oxygens (including phenoxy) is 1. The first-order chi connectivity index (χ1) is 9.63. The average Bonchev–Trinajstić information content (AvgIpc) is 2.87. The van der Waals surface area contributed by atoms with Crippen LogP contribution in [0.2, 0.25) is 0 Å². The van der Waals surface area contributed by atoms with Gasteiger partial charge in [-0.15, -0.1) is 0 Å². The third-order valence-electron chi connectivity index (χ3n) is 4.17. The Morgan fingerprint density at radius 2 is 2.35 bits per heavy atom. The van der Waals surface area contributed by atoms with Crippen molar-refractivity contribution in [3.63, 3.8) is 0 Å². The highest BCUT2D eigenvalue weighted by atomic mass is 16.5. The molecule has 2 atom stereocenters. The highest BCUT2D eigenvalue weighted by molar-refractivity contribution is 6.01. The molecule has 1 aromatic heterocycles. The van der Waals surface area contributed by atoms with Gasteiger partial charge in [-0.1, -0.05) is 20.3 Å². The van der Waals surface area contributed by atoms with Gasteiger partial charge in [0, 0.05) is 19.3 Å². The van der Waals surface area contributed by atoms with Crippen LogP contribution in [-0.4, -0.2) is 27.8 Å². The second kappa shape index (κ2) is 6.53. The minimum Gasteiger partial charge on any atom is -0.367 e. The Morgan fingerprint density at radius 3 is 3.00 bits per heavy atom. The first-order valence-corrected chi connectivity index (χ1v) is 7.83. The van der Waals surface area contributed by atoms with E-state index in [1.807, 2.05) is 17.7 Å². The summed E-state index contributed by atoms with van der Waals surface area (Å²) in [4.78, 5) is 13.0. The van der Waals surface area contributed by atoms with Crippen LogP contribution < -0.4 is 0 Å². The van der Waals surface area contributed by atoms with E-state index in [-0.39, 0.29) is 5.78 Å². The maximum Gasteiger partial charge on any atom is 0.212 e. The van der Waals surface area contributed by atoms with Crippen molar-refractivity contribution in [1.82, 2.24) is 9.78 Å². The van der Waals surface area contributed by atoms with Crippen LogP contribution in [0.5, 0.6) is 0 Å². The summed E-state index contributed by atoms with van der Waals surface area (Å²) in [6, 6.07) is 1.83. The Hall–Kier alpha value is -1.16. The lowest BCUT2D eigenvalue weighted by molar-refractivity contribution is -0.0517. The average molecular weight is 278 g/mol. The first-order valence-electron chi connectivity index (χ1n) is 7.83. The van der Waals surface area contributed by atoms with Crippen molar-refractivity contribution in [1.29, 1.82) is 0 Å². The van der Waals surface area contributed by atoms with Crippen LogP contribution in [-0.2, 0) is 11.3 Å². The molecule has 0 N–H and O–H groups in total. The molecule has 0 aliphatic heterocycles. The zero-order chi connectivity index (χ0) is 14.6. The molecule has 2 rings (SSSR count). The standard InChI is InChI=1S/C16H26N2O2/c1-4-11-18-14(8-10-17-18)15(19)16(20-5-2)9-6-7-13(3)12-16/h8,10,13H,4-7,9,11-12H2,1-3H3. The summed E-state index contributed by atoms with van der Waals surface area (Å²) >= 11 is 0. The molecule has 0 radical (unpaired) electrons. The number of hydrogen-bond acceptors (Lipinski definition) is 3. The topological polar surface area (TPSA) is 44.1 Å². The molecule has 4 nitrogen and oxygen atoms in total. The van der Waals surface area contributed by atoms with Gasteiger partial charge in [-0.3, -0.25) is 9.48 Å². The number of nitrogens with zero attached hydrogens (tertiary/aromatic N) is 2. The van der Waals surface area contributed by atoms with Crippen LogP contribution in [0, 0.1) is 5.92 Å². The highest BCUT2D eigenvalue weighted by Crippen LogP contribution is 2.37. The van der Waals surface area contributed by atoms with Crippen molar-refractivity contribution < 1.29 is 9.53 Å². The minimum atomic E-state index is -0.627. The molecule has 0 amide bonds. The van der Waals surface area contributed by atoms with Gasteiger partial charge in [0.05, 0.1) is 0 Å². The zero-order valence-corrected chi connectivity index (χ0v) is 12.9. The molecule has 1 aromatic rings. The van der Waals surface area contributed by atoms with Crippen LogP contribution in [0.3, 0.4) is 0 Å². The van der Waals surface area contributed by atoms with Crippen molar-refractivity contribution in [3.8, 4) is 0 Å². The smallest absolute Gasteiger partial charge is 0.212 e. The fourth-order valence-corrected chi connectivity index (χ4v) is 3.33. The Kier molecular flexibility index (Phi) is 4.97. The van der Waals surface area contributed by atoms with Crippen molar-refractivity contribution >= 4 is 5.78 Å². The number of carbonyl (C=O) groups excluding carboxylic acids is 1. The number of hydrogen-bond donors (Lipinski definition) is 0. The van der Waals surface area contributed by atoms with E-state index in [2.05, 4.69) is 18.9 Å². The van der Waals surface area contributed by atoms with Gasteiger partial charge < -0.3 is 4.74 Å². The third kappa shape index (κ3) is 2.95. The molecule has 0 spiro atoms. The Morgan fingerprint density at radius 1 is 1.55 bits per heavy atom. The predicted molar refractivity (Wildman–Crippen MR) is 78.8 cm³/mol. The van der Waals surface area contributed by atoms with Crippen LogP contribution in [0.25, 0.3) is 0 Å². The van der Waals surface area contributed by atoms with Gasteiger partial charge in [-0.25, -0.2) is 0 Å². The summed E-state index contributed by atoms with van der Waals surface area (Å²) in [5, 5.41) is 4.27. The fourth-order valence-electron chi connectivity index (χ4n) is 3.33. The Labute approximate surface area is 121 Å². The summed E-state index contributed by atoms with van der Waals surface area (Å²) in [6.45, 7) is 7.64. The summed E-state index contributed by atoms with van der Waals surface area (Å²) < 4.78 is 7.79. The van der Waals surface area contributed by atoms with E-state index in [1.165, 1.54) is 6.42 Å². The summed E-state index contributed by atoms with van der Waals surface area (Å²) in [5.74, 6) is 0.665. The van der Waals surface area contributed by atoms with E-state index in [4.69, 9.17) is 4.74 Å². The summed E-state index contributed by atoms with van der Waals surface area (Å²) in [5.41, 5.74) is 0.0761. The molecule has 0 aromatic carbocycles. The second-order valence-corrected chi connectivity index (χ2v) is 5.90. The highest BCUT2D eigenvalue weighted by Gasteiger charge is 2.43. The van der Waals surface area contributed by atoms with E-state index in [9.17, 15) is 4.79 Å². The summed E-state index contributed by atoms with van der Waals surface area (Å²) in [6.07, 6.45) is 6.61. The van der Waals surface area contributed by atoms with Gasteiger partial charge in [0.25, 0.3) is 0 Å². The largest absolute Gasteiger partial charge is 0.367 e. The van der Waals surface area contributed by atoms with Gasteiger partial charge in [0.2, 0.25) is 5.78 Å². The van der Waals surface area contributed by atoms with Gasteiger partial charge in [-0.2, -0.15) is 5.10 Å². The van der Waals surface area contributed by atoms with E-state index < -0.39 is 5.60 Å². The van der Waals surface area contributed by atoms with Gasteiger partial charge in [0.1, 0.15) is 11.3 Å². The van der Waals surface area contributed by atoms with Gasteiger partial charge in [-0.05, 0) is 44.6 Å². The molecule has 0 bridgehead atoms. The fraction of sp³-hybridized carbons (Fsp3) is 0.750. The van der Waals surface area contributed by atoms with Gasteiger partial charge in [0.15, 0.2) is 0 Å². The van der Waals surface area contributed by atoms with Crippen molar-refractivity contribution in [2.75, 3.05) is 6.61 Å².